The Morgan fingerprint density at radius 1 is 1.03 bits per heavy atom. The summed E-state index contributed by atoms with van der Waals surface area (Å²) in [6.07, 6.45) is 4.82. The molecule has 2 aromatic carbocycles. The Labute approximate surface area is 183 Å². The van der Waals surface area contributed by atoms with E-state index in [0.717, 1.165) is 35.3 Å². The number of benzene rings is 2. The number of carbonyl (C=O) groups excluding carboxylic acids is 2. The molecule has 8 nitrogen and oxygen atoms in total. The van der Waals surface area contributed by atoms with Gasteiger partial charge >= 0.3 is 5.97 Å². The van der Waals surface area contributed by atoms with E-state index in [1.54, 1.807) is 28.8 Å². The largest absolute Gasteiger partial charge is 0.465 e. The van der Waals surface area contributed by atoms with Crippen molar-refractivity contribution in [2.45, 2.75) is 19.8 Å². The van der Waals surface area contributed by atoms with Gasteiger partial charge in [-0.05, 0) is 42.2 Å². The first-order valence-electron chi connectivity index (χ1n) is 10.2. The lowest BCUT2D eigenvalue weighted by molar-refractivity contribution is -0.115. The molecule has 0 saturated heterocycles. The van der Waals surface area contributed by atoms with Crippen molar-refractivity contribution in [1.82, 2.24) is 14.8 Å². The van der Waals surface area contributed by atoms with E-state index in [0.29, 0.717) is 5.69 Å². The van der Waals surface area contributed by atoms with E-state index < -0.39 is 11.5 Å². The Morgan fingerprint density at radius 2 is 1.78 bits per heavy atom. The van der Waals surface area contributed by atoms with E-state index in [2.05, 4.69) is 10.2 Å². The number of nitrogens with zero attached hydrogens (tertiary/aromatic N) is 3. The van der Waals surface area contributed by atoms with Gasteiger partial charge in [0.25, 0.3) is 5.56 Å². The number of amides is 1. The molecule has 160 valence electrons. The predicted octanol–water partition coefficient (Wildman–Crippen LogP) is 3.24. The highest BCUT2D eigenvalue weighted by molar-refractivity contribution is 6.01. The molecule has 3 heterocycles. The number of aromatic amines is 1. The number of carbonyl (C=O) groups is 2. The quantitative estimate of drug-likeness (QED) is 0.495. The van der Waals surface area contributed by atoms with E-state index in [4.69, 9.17) is 4.74 Å². The van der Waals surface area contributed by atoms with Crippen LogP contribution in [0.1, 0.15) is 28.4 Å². The van der Waals surface area contributed by atoms with Crippen molar-refractivity contribution < 1.29 is 14.3 Å². The first-order valence-corrected chi connectivity index (χ1v) is 10.2. The van der Waals surface area contributed by atoms with Crippen molar-refractivity contribution in [3.8, 4) is 16.9 Å². The van der Waals surface area contributed by atoms with Gasteiger partial charge in [0.05, 0.1) is 24.0 Å². The van der Waals surface area contributed by atoms with Gasteiger partial charge in [-0.3, -0.25) is 14.5 Å². The third-order valence-electron chi connectivity index (χ3n) is 5.78. The standard InChI is InChI=1S/C24H20N4O4/c1-14(29)28-20-6-4-3-5-15(20)7-8-16-9-10-17(11-21(16)28)27-12-18-22(25-26-23(18)30)19(13-27)24(31)32-2/h3-6,9-13H,7-8H2,1-2H3,(H,26,30). The molecule has 0 bridgehead atoms. The lowest BCUT2D eigenvalue weighted by Gasteiger charge is -2.24. The molecule has 0 saturated carbocycles. The maximum Gasteiger partial charge on any atom is 0.341 e. The third-order valence-corrected chi connectivity index (χ3v) is 5.78. The minimum Gasteiger partial charge on any atom is -0.465 e. The number of aromatic nitrogens is 3. The number of esters is 1. The summed E-state index contributed by atoms with van der Waals surface area (Å²) in [6, 6.07) is 13.7. The molecule has 5 rings (SSSR count). The van der Waals surface area contributed by atoms with Gasteiger partial charge in [-0.2, -0.15) is 5.10 Å². The second-order valence-corrected chi connectivity index (χ2v) is 7.68. The van der Waals surface area contributed by atoms with Crippen molar-refractivity contribution in [2.24, 2.45) is 0 Å². The van der Waals surface area contributed by atoms with Crippen LogP contribution >= 0.6 is 0 Å². The fourth-order valence-corrected chi connectivity index (χ4v) is 4.26. The second-order valence-electron chi connectivity index (χ2n) is 7.68. The number of fused-ring (bicyclic) bond motifs is 3. The summed E-state index contributed by atoms with van der Waals surface area (Å²) in [7, 11) is 1.28. The highest BCUT2D eigenvalue weighted by Crippen LogP contribution is 2.37. The predicted molar refractivity (Wildman–Crippen MR) is 119 cm³/mol. The van der Waals surface area contributed by atoms with Crippen LogP contribution in [0, 0.1) is 0 Å². The van der Waals surface area contributed by atoms with Crippen molar-refractivity contribution in [2.75, 3.05) is 12.0 Å². The van der Waals surface area contributed by atoms with Gasteiger partial charge in [-0.15, -0.1) is 0 Å². The number of aryl methyl sites for hydroxylation is 2. The summed E-state index contributed by atoms with van der Waals surface area (Å²) in [5.41, 5.74) is 4.80. The van der Waals surface area contributed by atoms with E-state index >= 15 is 0 Å². The molecule has 0 spiro atoms. The number of pyridine rings is 1. The van der Waals surface area contributed by atoms with Gasteiger partial charge < -0.3 is 9.30 Å². The van der Waals surface area contributed by atoms with Crippen LogP contribution in [0.3, 0.4) is 0 Å². The Kier molecular flexibility index (Phi) is 4.62. The van der Waals surface area contributed by atoms with Gasteiger partial charge in [0.2, 0.25) is 5.91 Å². The van der Waals surface area contributed by atoms with Gasteiger partial charge in [0.1, 0.15) is 11.3 Å². The Morgan fingerprint density at radius 3 is 2.53 bits per heavy atom. The number of anilines is 2. The maximum atomic E-state index is 12.7. The Balaban J connectivity index is 1.72. The summed E-state index contributed by atoms with van der Waals surface area (Å²) in [4.78, 5) is 39.0. The highest BCUT2D eigenvalue weighted by atomic mass is 16.5. The summed E-state index contributed by atoms with van der Waals surface area (Å²) in [6.45, 7) is 1.54. The van der Waals surface area contributed by atoms with Crippen LogP contribution in [0.4, 0.5) is 11.4 Å². The van der Waals surface area contributed by atoms with Crippen molar-refractivity contribution in [3.05, 3.63) is 81.9 Å². The molecule has 32 heavy (non-hydrogen) atoms. The van der Waals surface area contributed by atoms with E-state index in [1.807, 2.05) is 42.5 Å². The van der Waals surface area contributed by atoms with E-state index in [1.165, 1.54) is 7.11 Å². The number of methoxy groups -OCH3 is 1. The molecule has 0 radical (unpaired) electrons. The zero-order valence-corrected chi connectivity index (χ0v) is 17.6. The number of para-hydroxylation sites is 1. The Bertz CT molecular complexity index is 1400. The molecule has 8 heteroatoms. The molecule has 0 aromatic heterocycles. The number of hydrogen-bond acceptors (Lipinski definition) is 5. The average molecular weight is 428 g/mol. The first-order chi connectivity index (χ1) is 15.5. The molecule has 2 aromatic rings. The number of nitrogens with one attached hydrogen (secondary N) is 1. The van der Waals surface area contributed by atoms with Crippen molar-refractivity contribution in [3.63, 3.8) is 0 Å². The minimum atomic E-state index is -0.593. The number of H-pyrrole nitrogens is 1. The van der Waals surface area contributed by atoms with Crippen LogP contribution in [0.5, 0.6) is 0 Å². The van der Waals surface area contributed by atoms with Gasteiger partial charge in [-0.25, -0.2) is 9.89 Å². The summed E-state index contributed by atoms with van der Waals surface area (Å²) in [5, 5.41) is 6.35. The smallest absolute Gasteiger partial charge is 0.341 e. The van der Waals surface area contributed by atoms with Crippen molar-refractivity contribution in [1.29, 1.82) is 0 Å². The van der Waals surface area contributed by atoms with Crippen LogP contribution in [0.2, 0.25) is 0 Å². The lowest BCUT2D eigenvalue weighted by Crippen LogP contribution is -2.24. The molecule has 3 aliphatic heterocycles. The number of rotatable bonds is 2. The number of ether oxygens (including phenoxy) is 1. The van der Waals surface area contributed by atoms with Gasteiger partial charge in [0.15, 0.2) is 0 Å². The molecular weight excluding hydrogens is 408 g/mol. The molecule has 1 N–H and O–H groups in total. The van der Waals surface area contributed by atoms with Crippen LogP contribution < -0.4 is 10.5 Å². The third kappa shape index (κ3) is 3.08. The topological polar surface area (TPSA) is 97.3 Å². The van der Waals surface area contributed by atoms with E-state index in [9.17, 15) is 14.4 Å². The van der Waals surface area contributed by atoms with E-state index in [-0.39, 0.29) is 22.7 Å². The van der Waals surface area contributed by atoms with Gasteiger partial charge in [0, 0.05) is 25.0 Å². The molecule has 0 aliphatic carbocycles. The normalized spacial score (nSPS) is 12.8. The lowest BCUT2D eigenvalue weighted by atomic mass is 10.0. The fourth-order valence-electron chi connectivity index (χ4n) is 4.26. The zero-order chi connectivity index (χ0) is 22.4. The maximum absolute atomic E-state index is 12.7. The number of hydrogen-bond donors (Lipinski definition) is 1. The first kappa shape index (κ1) is 19.7. The summed E-state index contributed by atoms with van der Waals surface area (Å²) in [5.74, 6) is -0.685. The SMILES string of the molecule is COC(=O)c1cn(-c2ccc3c(c2)N(C(C)=O)c2ccccc2CC3)cc2c(=O)[nH]nc1-2. The molecular formula is C24H20N4O4. The molecule has 0 unspecified atom stereocenters. The highest BCUT2D eigenvalue weighted by Gasteiger charge is 2.25. The van der Waals surface area contributed by atoms with Crippen LogP contribution in [-0.4, -0.2) is 33.8 Å². The second kappa shape index (κ2) is 7.49. The monoisotopic (exact) mass is 428 g/mol. The molecule has 3 aliphatic rings. The summed E-state index contributed by atoms with van der Waals surface area (Å²) >= 11 is 0. The minimum absolute atomic E-state index is 0.0925. The molecule has 1 amide bonds. The molecule has 0 atom stereocenters. The zero-order valence-electron chi connectivity index (χ0n) is 17.6. The molecule has 0 fully saturated rings. The Hall–Kier alpha value is -4.20. The average Bonchev–Trinajstić information content (AvgIpc) is 3.09. The van der Waals surface area contributed by atoms with Crippen LogP contribution in [0.15, 0.2) is 59.7 Å². The van der Waals surface area contributed by atoms with Crippen LogP contribution in [-0.2, 0) is 22.4 Å². The van der Waals surface area contributed by atoms with Gasteiger partial charge in [-0.1, -0.05) is 24.3 Å². The van der Waals surface area contributed by atoms with Crippen LogP contribution in [0.25, 0.3) is 16.9 Å². The van der Waals surface area contributed by atoms with Crippen molar-refractivity contribution >= 4 is 23.3 Å². The summed E-state index contributed by atoms with van der Waals surface area (Å²) < 4.78 is 6.56. The fraction of sp³-hybridized carbons (Fsp3) is 0.167.